The zero-order valence-corrected chi connectivity index (χ0v) is 16.6. The highest BCUT2D eigenvalue weighted by atomic mass is 32.2. The van der Waals surface area contributed by atoms with Crippen molar-refractivity contribution in [2.75, 3.05) is 17.3 Å². The third-order valence-electron chi connectivity index (χ3n) is 3.79. The van der Waals surface area contributed by atoms with Crippen LogP contribution < -0.4 is 15.4 Å². The molecule has 2 aromatic rings. The maximum absolute atomic E-state index is 12.3. The van der Waals surface area contributed by atoms with E-state index in [1.165, 1.54) is 11.8 Å². The molecule has 0 aliphatic carbocycles. The van der Waals surface area contributed by atoms with Crippen LogP contribution in [0.1, 0.15) is 6.42 Å². The Labute approximate surface area is 173 Å². The number of hydrogen-bond acceptors (Lipinski definition) is 6. The number of hydrogen-bond donors (Lipinski definition) is 3. The van der Waals surface area contributed by atoms with Crippen molar-refractivity contribution in [1.29, 1.82) is 5.26 Å². The number of thioether (sulfide) groups is 1. The molecule has 0 heterocycles. The normalized spacial score (nSPS) is 11.8. The molecule has 0 spiro atoms. The summed E-state index contributed by atoms with van der Waals surface area (Å²) >= 11 is 1.52. The molecule has 0 saturated carbocycles. The highest BCUT2D eigenvalue weighted by Crippen LogP contribution is 2.22. The van der Waals surface area contributed by atoms with Crippen molar-refractivity contribution in [3.63, 3.8) is 0 Å². The molecule has 3 N–H and O–H groups in total. The number of carboxylic acid groups (broad SMARTS) is 1. The van der Waals surface area contributed by atoms with Gasteiger partial charge in [0.05, 0.1) is 0 Å². The molecule has 0 saturated heterocycles. The molecule has 1 amide bonds. The number of ether oxygens (including phenoxy) is 1. The molecular formula is C21H21N3O4S. The largest absolute Gasteiger partial charge is 0.480 e. The molecule has 1 unspecified atom stereocenters. The molecule has 8 heteroatoms. The van der Waals surface area contributed by atoms with Gasteiger partial charge >= 0.3 is 5.97 Å². The minimum atomic E-state index is -1.04. The van der Waals surface area contributed by atoms with Gasteiger partial charge in [0.15, 0.2) is 0 Å². The second-order valence-corrected chi connectivity index (χ2v) is 6.89. The van der Waals surface area contributed by atoms with E-state index in [0.717, 1.165) is 6.20 Å². The molecule has 29 heavy (non-hydrogen) atoms. The van der Waals surface area contributed by atoms with Crippen LogP contribution in [0, 0.1) is 11.3 Å². The maximum Gasteiger partial charge on any atom is 0.326 e. The number of carbonyl (C=O) groups excluding carboxylic acids is 1. The van der Waals surface area contributed by atoms with Crippen molar-refractivity contribution >= 4 is 29.3 Å². The van der Waals surface area contributed by atoms with Crippen molar-refractivity contribution in [3.8, 4) is 17.6 Å². The number of anilines is 1. The molecule has 150 valence electrons. The lowest BCUT2D eigenvalue weighted by Gasteiger charge is -2.12. The minimum Gasteiger partial charge on any atom is -0.480 e. The summed E-state index contributed by atoms with van der Waals surface area (Å²) in [5.41, 5.74) is 0.263. The average Bonchev–Trinajstić information content (AvgIpc) is 2.72. The quantitative estimate of drug-likeness (QED) is 0.404. The summed E-state index contributed by atoms with van der Waals surface area (Å²) in [7, 11) is 0. The lowest BCUT2D eigenvalue weighted by molar-refractivity contribution is -0.139. The van der Waals surface area contributed by atoms with E-state index in [0.29, 0.717) is 29.4 Å². The summed E-state index contributed by atoms with van der Waals surface area (Å²) in [5, 5.41) is 23.6. The molecule has 0 aliphatic heterocycles. The number of nitrogens with zero attached hydrogens (tertiary/aromatic N) is 1. The van der Waals surface area contributed by atoms with E-state index in [2.05, 4.69) is 10.6 Å². The van der Waals surface area contributed by atoms with E-state index in [-0.39, 0.29) is 5.57 Å². The van der Waals surface area contributed by atoms with Crippen LogP contribution in [0.5, 0.6) is 11.5 Å². The number of amides is 1. The summed E-state index contributed by atoms with van der Waals surface area (Å²) in [4.78, 5) is 23.5. The summed E-state index contributed by atoms with van der Waals surface area (Å²) in [6.07, 6.45) is 3.39. The van der Waals surface area contributed by atoms with Gasteiger partial charge in [-0.15, -0.1) is 0 Å². The van der Waals surface area contributed by atoms with Gasteiger partial charge < -0.3 is 20.5 Å². The fourth-order valence-electron chi connectivity index (χ4n) is 2.28. The molecule has 0 aliphatic rings. The van der Waals surface area contributed by atoms with E-state index in [4.69, 9.17) is 4.74 Å². The van der Waals surface area contributed by atoms with E-state index < -0.39 is 17.9 Å². The summed E-state index contributed by atoms with van der Waals surface area (Å²) in [6, 6.07) is 16.9. The molecule has 0 fully saturated rings. The number of rotatable bonds is 10. The second-order valence-electron chi connectivity index (χ2n) is 5.90. The zero-order valence-electron chi connectivity index (χ0n) is 15.8. The molecule has 1 atom stereocenters. The van der Waals surface area contributed by atoms with Gasteiger partial charge in [-0.2, -0.15) is 17.0 Å². The SMILES string of the molecule is CSCCC(N/C=C(/C#N)C(=O)Nc1ccc(Oc2ccccc2)cc1)C(=O)O. The van der Waals surface area contributed by atoms with Crippen LogP contribution in [0.15, 0.2) is 66.4 Å². The average molecular weight is 411 g/mol. The first-order chi connectivity index (χ1) is 14.0. The first-order valence-corrected chi connectivity index (χ1v) is 10.1. The van der Waals surface area contributed by atoms with Gasteiger partial charge in [-0.1, -0.05) is 18.2 Å². The molecule has 2 rings (SSSR count). The number of carbonyl (C=O) groups is 2. The minimum absolute atomic E-state index is 0.218. The van der Waals surface area contributed by atoms with Crippen LogP contribution in [0.3, 0.4) is 0 Å². The van der Waals surface area contributed by atoms with Crippen molar-refractivity contribution in [3.05, 3.63) is 66.4 Å². The Hall–Kier alpha value is -3.44. The number of aliphatic carboxylic acids is 1. The fourth-order valence-corrected chi connectivity index (χ4v) is 2.75. The smallest absolute Gasteiger partial charge is 0.326 e. The van der Waals surface area contributed by atoms with Crippen molar-refractivity contribution < 1.29 is 19.4 Å². The van der Waals surface area contributed by atoms with Gasteiger partial charge in [0.2, 0.25) is 0 Å². The number of para-hydroxylation sites is 1. The Kier molecular flexibility index (Phi) is 8.60. The van der Waals surface area contributed by atoms with Crippen LogP contribution in [0.25, 0.3) is 0 Å². The monoisotopic (exact) mass is 411 g/mol. The molecule has 0 radical (unpaired) electrons. The van der Waals surface area contributed by atoms with Gasteiger partial charge in [0.1, 0.15) is 29.2 Å². The Bertz CT molecular complexity index is 892. The summed E-state index contributed by atoms with van der Waals surface area (Å²) in [6.45, 7) is 0. The van der Waals surface area contributed by atoms with Crippen molar-refractivity contribution in [2.45, 2.75) is 12.5 Å². The van der Waals surface area contributed by atoms with Gasteiger partial charge in [-0.3, -0.25) is 4.79 Å². The predicted molar refractivity (Wildman–Crippen MR) is 113 cm³/mol. The van der Waals surface area contributed by atoms with Crippen LogP contribution in [0.4, 0.5) is 5.69 Å². The van der Waals surface area contributed by atoms with Crippen molar-refractivity contribution in [2.24, 2.45) is 0 Å². The Morgan fingerprint density at radius 3 is 2.41 bits per heavy atom. The standard InChI is InChI=1S/C21H21N3O4S/c1-29-12-11-19(21(26)27)23-14-15(13-22)20(25)24-16-7-9-18(10-8-16)28-17-5-3-2-4-6-17/h2-10,14,19,23H,11-12H2,1H3,(H,24,25)(H,26,27)/b15-14-. The lowest BCUT2D eigenvalue weighted by atomic mass is 10.2. The third kappa shape index (κ3) is 7.24. The van der Waals surface area contributed by atoms with Gasteiger partial charge in [0, 0.05) is 11.9 Å². The maximum atomic E-state index is 12.3. The molecule has 0 bridgehead atoms. The number of nitrogens with one attached hydrogen (secondary N) is 2. The van der Waals surface area contributed by atoms with E-state index in [1.54, 1.807) is 30.3 Å². The van der Waals surface area contributed by atoms with Gasteiger partial charge in [-0.05, 0) is 54.8 Å². The van der Waals surface area contributed by atoms with E-state index in [1.807, 2.05) is 36.6 Å². The molecule has 2 aromatic carbocycles. The number of carboxylic acids is 1. The Morgan fingerprint density at radius 2 is 1.83 bits per heavy atom. The summed E-state index contributed by atoms with van der Waals surface area (Å²) < 4.78 is 5.68. The molecule has 7 nitrogen and oxygen atoms in total. The Morgan fingerprint density at radius 1 is 1.17 bits per heavy atom. The fraction of sp³-hybridized carbons (Fsp3) is 0.190. The molecular weight excluding hydrogens is 390 g/mol. The van der Waals surface area contributed by atoms with Crippen molar-refractivity contribution in [1.82, 2.24) is 5.32 Å². The first kappa shape index (κ1) is 21.9. The number of benzene rings is 2. The lowest BCUT2D eigenvalue weighted by Crippen LogP contribution is -2.34. The van der Waals surface area contributed by atoms with Crippen LogP contribution in [0.2, 0.25) is 0 Å². The topological polar surface area (TPSA) is 111 Å². The van der Waals surface area contributed by atoms with Gasteiger partial charge in [0.25, 0.3) is 5.91 Å². The molecule has 0 aromatic heterocycles. The first-order valence-electron chi connectivity index (χ1n) is 8.76. The predicted octanol–water partition coefficient (Wildman–Crippen LogP) is 3.62. The van der Waals surface area contributed by atoms with Crippen LogP contribution in [-0.2, 0) is 9.59 Å². The van der Waals surface area contributed by atoms with E-state index in [9.17, 15) is 20.0 Å². The Balaban J connectivity index is 1.97. The summed E-state index contributed by atoms with van der Waals surface area (Å²) in [5.74, 6) is 0.265. The van der Waals surface area contributed by atoms with E-state index >= 15 is 0 Å². The van der Waals surface area contributed by atoms with Gasteiger partial charge in [-0.25, -0.2) is 4.79 Å². The highest BCUT2D eigenvalue weighted by Gasteiger charge is 2.16. The van der Waals surface area contributed by atoms with Crippen LogP contribution in [-0.4, -0.2) is 35.0 Å². The van der Waals surface area contributed by atoms with Crippen LogP contribution >= 0.6 is 11.8 Å². The number of nitriles is 1. The third-order valence-corrected chi connectivity index (χ3v) is 4.44. The highest BCUT2D eigenvalue weighted by molar-refractivity contribution is 7.98. The second kappa shape index (κ2) is 11.4. The zero-order chi connectivity index (χ0) is 21.1.